The third kappa shape index (κ3) is 5.69. The van der Waals surface area contributed by atoms with Crippen molar-refractivity contribution >= 4 is 48.7 Å². The number of anilines is 1. The van der Waals surface area contributed by atoms with E-state index in [1.165, 1.54) is 44.4 Å². The van der Waals surface area contributed by atoms with Gasteiger partial charge in [-0.05, 0) is 109 Å². The molecule has 0 amide bonds. The van der Waals surface area contributed by atoms with Gasteiger partial charge < -0.3 is 9.45 Å². The lowest BCUT2D eigenvalue weighted by Crippen LogP contribution is -2.29. The van der Waals surface area contributed by atoms with Crippen LogP contribution in [0, 0.1) is 6.92 Å². The average molecular weight is 669 g/mol. The fourth-order valence-corrected chi connectivity index (χ4v) is 8.94. The van der Waals surface area contributed by atoms with Crippen LogP contribution in [0.2, 0.25) is 0 Å². The minimum atomic E-state index is -4.39. The Kier molecular flexibility index (Phi) is 8.32. The second-order valence-electron chi connectivity index (χ2n) is 14.6. The van der Waals surface area contributed by atoms with Crippen LogP contribution in [0.25, 0.3) is 21.5 Å². The summed E-state index contributed by atoms with van der Waals surface area (Å²) in [6, 6.07) is 25.4. The molecule has 0 fully saturated rings. The summed E-state index contributed by atoms with van der Waals surface area (Å²) in [5.41, 5.74) is 10.0. The SMILES string of the molecule is [CH]CN1/C(=C/C=C2\CCCC(/C=C/C3=[N+](CCS(=O)(=O)[O-])c4ccc5ccccc5c4C3(C)C)=C2C)C(C)(C)c2c1ccc1ccccc21. The van der Waals surface area contributed by atoms with Crippen molar-refractivity contribution in [2.75, 3.05) is 23.7 Å². The molecule has 0 saturated carbocycles. The van der Waals surface area contributed by atoms with Crippen molar-refractivity contribution in [2.24, 2.45) is 0 Å². The Hall–Kier alpha value is -4.26. The molecule has 6 heteroatoms. The van der Waals surface area contributed by atoms with Crippen LogP contribution in [-0.2, 0) is 20.9 Å². The van der Waals surface area contributed by atoms with Crippen molar-refractivity contribution in [1.82, 2.24) is 0 Å². The summed E-state index contributed by atoms with van der Waals surface area (Å²) in [5.74, 6) is -0.453. The fourth-order valence-electron chi connectivity index (χ4n) is 8.54. The second kappa shape index (κ2) is 12.3. The van der Waals surface area contributed by atoms with Crippen LogP contribution < -0.4 is 4.90 Å². The molecule has 1 aliphatic carbocycles. The number of benzene rings is 4. The third-order valence-corrected chi connectivity index (χ3v) is 11.7. The highest BCUT2D eigenvalue weighted by Gasteiger charge is 2.45. The number of hydrogen-bond donors (Lipinski definition) is 0. The van der Waals surface area contributed by atoms with Crippen molar-refractivity contribution in [1.29, 1.82) is 0 Å². The highest BCUT2D eigenvalue weighted by atomic mass is 32.2. The van der Waals surface area contributed by atoms with E-state index in [0.717, 1.165) is 47.0 Å². The zero-order chi connectivity index (χ0) is 34.7. The summed E-state index contributed by atoms with van der Waals surface area (Å²) in [4.78, 5) is 2.25. The van der Waals surface area contributed by atoms with Crippen molar-refractivity contribution in [3.8, 4) is 0 Å². The fraction of sp³-hybridized carbons (Fsp3) is 0.302. The summed E-state index contributed by atoms with van der Waals surface area (Å²) in [5, 5.41) is 4.79. The van der Waals surface area contributed by atoms with Gasteiger partial charge in [0.1, 0.15) is 10.1 Å². The van der Waals surface area contributed by atoms with Crippen LogP contribution in [0.15, 0.2) is 120 Å². The molecule has 2 heterocycles. The number of nitrogens with zero attached hydrogens (tertiary/aromatic N) is 2. The Morgan fingerprint density at radius 1 is 0.837 bits per heavy atom. The lowest BCUT2D eigenvalue weighted by molar-refractivity contribution is -0.432. The Morgan fingerprint density at radius 3 is 2.16 bits per heavy atom. The standard InChI is InChI=1S/C43H44N2O3S/c1-7-44-36-23-19-32-13-8-10-17-34(32)40(36)42(3,4)38(44)25-21-30-15-12-16-31(29(30)2)22-26-39-43(5,6)41-35-18-11-9-14-33(35)20-24-37(41)45(39)27-28-49(46,47)48/h1,8-11,13-14,17-26H,7,12,15-16,27-28H2,2-6H3. The molecule has 49 heavy (non-hydrogen) atoms. The van der Waals surface area contributed by atoms with E-state index in [1.54, 1.807) is 0 Å². The Balaban J connectivity index is 1.27. The molecule has 0 saturated heterocycles. The minimum Gasteiger partial charge on any atom is -0.748 e. The van der Waals surface area contributed by atoms with Gasteiger partial charge in [0, 0.05) is 41.1 Å². The highest BCUT2D eigenvalue weighted by molar-refractivity contribution is 7.85. The first-order valence-electron chi connectivity index (χ1n) is 17.2. The zero-order valence-electron chi connectivity index (χ0n) is 29.1. The van der Waals surface area contributed by atoms with Gasteiger partial charge in [-0.2, -0.15) is 4.58 Å². The van der Waals surface area contributed by atoms with Gasteiger partial charge in [-0.1, -0.05) is 80.6 Å². The predicted molar refractivity (Wildman–Crippen MR) is 202 cm³/mol. The topological polar surface area (TPSA) is 63.5 Å². The number of rotatable bonds is 7. The minimum absolute atomic E-state index is 0.113. The number of allylic oxidation sites excluding steroid dienone is 8. The molecular weight excluding hydrogens is 625 g/mol. The van der Waals surface area contributed by atoms with Crippen LogP contribution in [-0.4, -0.2) is 42.1 Å². The molecule has 4 aromatic carbocycles. The Labute approximate surface area is 291 Å². The van der Waals surface area contributed by atoms with E-state index in [0.29, 0.717) is 6.54 Å². The summed E-state index contributed by atoms with van der Waals surface area (Å²) in [7, 11) is -4.39. The lowest BCUT2D eigenvalue weighted by atomic mass is 9.78. The molecule has 0 aromatic heterocycles. The summed E-state index contributed by atoms with van der Waals surface area (Å²) in [6.07, 6.45) is 11.9. The Bertz CT molecular complexity index is 2280. The van der Waals surface area contributed by atoms with E-state index in [1.807, 2.05) is 16.7 Å². The molecule has 0 bridgehead atoms. The normalized spacial score (nSPS) is 20.4. The van der Waals surface area contributed by atoms with Gasteiger partial charge in [-0.15, -0.1) is 0 Å². The molecule has 0 atom stereocenters. The first-order chi connectivity index (χ1) is 23.3. The second-order valence-corrected chi connectivity index (χ2v) is 16.1. The molecule has 2 aliphatic heterocycles. The number of hydrogen-bond acceptors (Lipinski definition) is 4. The van der Waals surface area contributed by atoms with Gasteiger partial charge in [0.05, 0.1) is 11.2 Å². The maximum absolute atomic E-state index is 11.8. The quantitative estimate of drug-likeness (QED) is 0.146. The molecular formula is C43H44N2O3S. The lowest BCUT2D eigenvalue weighted by Gasteiger charge is -2.26. The van der Waals surface area contributed by atoms with Gasteiger partial charge in [-0.3, -0.25) is 0 Å². The van der Waals surface area contributed by atoms with E-state index < -0.39 is 21.3 Å². The summed E-state index contributed by atoms with van der Waals surface area (Å²) >= 11 is 0. The summed E-state index contributed by atoms with van der Waals surface area (Å²) in [6.45, 7) is 18.1. The van der Waals surface area contributed by atoms with Crippen LogP contribution in [0.4, 0.5) is 11.4 Å². The molecule has 0 N–H and O–H groups in total. The maximum atomic E-state index is 11.8. The van der Waals surface area contributed by atoms with E-state index >= 15 is 0 Å². The van der Waals surface area contributed by atoms with Crippen LogP contribution in [0.5, 0.6) is 0 Å². The third-order valence-electron chi connectivity index (χ3n) is 11.0. The largest absolute Gasteiger partial charge is 0.748 e. The monoisotopic (exact) mass is 668 g/mol. The van der Waals surface area contributed by atoms with Crippen molar-refractivity contribution < 1.29 is 17.5 Å². The molecule has 0 unspecified atom stereocenters. The average Bonchev–Trinajstić information content (AvgIpc) is 3.44. The van der Waals surface area contributed by atoms with Crippen LogP contribution in [0.1, 0.15) is 65.0 Å². The van der Waals surface area contributed by atoms with E-state index in [9.17, 15) is 13.0 Å². The highest BCUT2D eigenvalue weighted by Crippen LogP contribution is 2.51. The van der Waals surface area contributed by atoms with Gasteiger partial charge in [0.15, 0.2) is 12.3 Å². The molecule has 4 aromatic rings. The van der Waals surface area contributed by atoms with Crippen molar-refractivity contribution in [3.05, 3.63) is 138 Å². The van der Waals surface area contributed by atoms with Gasteiger partial charge in [-0.25, -0.2) is 8.42 Å². The Morgan fingerprint density at radius 2 is 1.49 bits per heavy atom. The smallest absolute Gasteiger partial charge is 0.210 e. The van der Waals surface area contributed by atoms with Gasteiger partial charge in [0.2, 0.25) is 5.69 Å². The molecule has 250 valence electrons. The van der Waals surface area contributed by atoms with Crippen molar-refractivity contribution in [2.45, 2.75) is 64.7 Å². The first-order valence-corrected chi connectivity index (χ1v) is 18.8. The van der Waals surface area contributed by atoms with E-state index in [2.05, 4.69) is 124 Å². The molecule has 3 aliphatic rings. The van der Waals surface area contributed by atoms with Gasteiger partial charge in [0.25, 0.3) is 0 Å². The molecule has 0 spiro atoms. The van der Waals surface area contributed by atoms with Crippen molar-refractivity contribution in [3.63, 3.8) is 0 Å². The first kappa shape index (κ1) is 33.2. The molecule has 7 rings (SSSR count). The number of fused-ring (bicyclic) bond motifs is 6. The maximum Gasteiger partial charge on any atom is 0.210 e. The van der Waals surface area contributed by atoms with Crippen LogP contribution >= 0.6 is 0 Å². The molecule has 2 radical (unpaired) electrons. The molecule has 5 nitrogen and oxygen atoms in total. The van der Waals surface area contributed by atoms with E-state index in [-0.39, 0.29) is 12.0 Å². The van der Waals surface area contributed by atoms with E-state index in [4.69, 9.17) is 6.92 Å². The zero-order valence-corrected chi connectivity index (χ0v) is 29.9. The summed E-state index contributed by atoms with van der Waals surface area (Å²) < 4.78 is 37.4. The van der Waals surface area contributed by atoms with Crippen LogP contribution in [0.3, 0.4) is 0 Å². The van der Waals surface area contributed by atoms with Gasteiger partial charge >= 0.3 is 0 Å². The predicted octanol–water partition coefficient (Wildman–Crippen LogP) is 9.29.